The van der Waals surface area contributed by atoms with Crippen molar-refractivity contribution in [2.24, 2.45) is 0 Å². The Bertz CT molecular complexity index is 1310. The van der Waals surface area contributed by atoms with Crippen LogP contribution < -0.4 is 0 Å². The molecule has 0 spiro atoms. The van der Waals surface area contributed by atoms with Crippen molar-refractivity contribution >= 4 is 29.5 Å². The van der Waals surface area contributed by atoms with Crippen molar-refractivity contribution < 1.29 is 27.2 Å². The lowest BCUT2D eigenvalue weighted by Crippen LogP contribution is -2.29. The fourth-order valence-electron chi connectivity index (χ4n) is 4.12. The standard InChI is InChI=1S/C27H20ClF4NO2/c1-15-11-19(12-16(2)24(15)28)22(27(30,31)32)10-8-17-7-9-18(23(29)13-17)14-33-25(34)20-5-3-4-6-21(20)26(33)35/h3-13,22H,14H2,1-2H3/b10-8+. The summed E-state index contributed by atoms with van der Waals surface area (Å²) in [7, 11) is 0. The summed E-state index contributed by atoms with van der Waals surface area (Å²) in [5.41, 5.74) is 1.90. The number of allylic oxidation sites excluding steroid dienone is 1. The first-order valence-electron chi connectivity index (χ1n) is 10.7. The molecule has 2 amide bonds. The summed E-state index contributed by atoms with van der Waals surface area (Å²) in [6.45, 7) is 2.99. The van der Waals surface area contributed by atoms with Gasteiger partial charge in [0, 0.05) is 10.6 Å². The Balaban J connectivity index is 1.57. The summed E-state index contributed by atoms with van der Waals surface area (Å²) < 4.78 is 56.2. The number of benzene rings is 3. The number of imide groups is 1. The molecule has 1 aliphatic rings. The number of carbonyl (C=O) groups excluding carboxylic acids is 2. The van der Waals surface area contributed by atoms with E-state index in [0.717, 1.165) is 17.0 Å². The van der Waals surface area contributed by atoms with Gasteiger partial charge >= 0.3 is 6.18 Å². The molecule has 0 N–H and O–H groups in total. The monoisotopic (exact) mass is 501 g/mol. The van der Waals surface area contributed by atoms with Crippen LogP contribution in [0.15, 0.2) is 60.7 Å². The first-order valence-corrected chi connectivity index (χ1v) is 11.1. The maximum absolute atomic E-state index is 14.8. The van der Waals surface area contributed by atoms with Crippen LogP contribution in [-0.2, 0) is 6.54 Å². The lowest BCUT2D eigenvalue weighted by molar-refractivity contribution is -0.139. The number of hydrogen-bond donors (Lipinski definition) is 0. The fourth-order valence-corrected chi connectivity index (χ4v) is 4.23. The predicted molar refractivity (Wildman–Crippen MR) is 126 cm³/mol. The van der Waals surface area contributed by atoms with E-state index in [1.54, 1.807) is 26.0 Å². The van der Waals surface area contributed by atoms with Gasteiger partial charge in [0.25, 0.3) is 11.8 Å². The van der Waals surface area contributed by atoms with Gasteiger partial charge in [-0.15, -0.1) is 0 Å². The highest BCUT2D eigenvalue weighted by molar-refractivity contribution is 6.32. The molecular weight excluding hydrogens is 482 g/mol. The van der Waals surface area contributed by atoms with Gasteiger partial charge in [-0.1, -0.05) is 60.2 Å². The molecule has 8 heteroatoms. The highest BCUT2D eigenvalue weighted by atomic mass is 35.5. The molecule has 4 rings (SSSR count). The molecule has 3 aromatic carbocycles. The van der Waals surface area contributed by atoms with Crippen LogP contribution >= 0.6 is 11.6 Å². The zero-order chi connectivity index (χ0) is 25.5. The van der Waals surface area contributed by atoms with E-state index in [9.17, 15) is 27.2 Å². The van der Waals surface area contributed by atoms with E-state index < -0.39 is 29.7 Å². The normalized spacial score (nSPS) is 14.7. The highest BCUT2D eigenvalue weighted by Gasteiger charge is 2.39. The molecule has 180 valence electrons. The first-order chi connectivity index (χ1) is 16.5. The van der Waals surface area contributed by atoms with E-state index in [-0.39, 0.29) is 34.4 Å². The number of hydrogen-bond acceptors (Lipinski definition) is 2. The van der Waals surface area contributed by atoms with Gasteiger partial charge in [-0.25, -0.2) is 4.39 Å². The minimum atomic E-state index is -4.56. The molecule has 0 saturated heterocycles. The Labute approximate surface area is 204 Å². The lowest BCUT2D eigenvalue weighted by Gasteiger charge is -2.19. The van der Waals surface area contributed by atoms with Gasteiger partial charge in [-0.3, -0.25) is 14.5 Å². The third kappa shape index (κ3) is 4.86. The quantitative estimate of drug-likeness (QED) is 0.273. The lowest BCUT2D eigenvalue weighted by atomic mass is 9.94. The number of aryl methyl sites for hydroxylation is 2. The molecule has 0 aliphatic carbocycles. The molecule has 0 saturated carbocycles. The predicted octanol–water partition coefficient (Wildman–Crippen LogP) is 7.25. The molecule has 0 aromatic heterocycles. The number of amides is 2. The number of fused-ring (bicyclic) bond motifs is 1. The van der Waals surface area contributed by atoms with Crippen LogP contribution in [0.2, 0.25) is 5.02 Å². The SMILES string of the molecule is Cc1cc(C(/C=C/c2ccc(CN3C(=O)c4ccccc4C3=O)c(F)c2)C(F)(F)F)cc(C)c1Cl. The molecule has 3 nitrogen and oxygen atoms in total. The third-order valence-electron chi connectivity index (χ3n) is 5.94. The van der Waals surface area contributed by atoms with Crippen LogP contribution in [0.4, 0.5) is 17.6 Å². The third-order valence-corrected chi connectivity index (χ3v) is 6.53. The molecule has 3 aromatic rings. The van der Waals surface area contributed by atoms with E-state index >= 15 is 0 Å². The zero-order valence-electron chi connectivity index (χ0n) is 18.8. The topological polar surface area (TPSA) is 37.4 Å². The van der Waals surface area contributed by atoms with E-state index in [4.69, 9.17) is 11.6 Å². The first kappa shape index (κ1) is 24.7. The summed E-state index contributed by atoms with van der Waals surface area (Å²) in [6.07, 6.45) is -2.39. The van der Waals surface area contributed by atoms with Crippen LogP contribution in [0.3, 0.4) is 0 Å². The second-order valence-electron chi connectivity index (χ2n) is 8.44. The van der Waals surface area contributed by atoms with Gasteiger partial charge in [-0.2, -0.15) is 13.2 Å². The number of halogens is 5. The van der Waals surface area contributed by atoms with Crippen LogP contribution in [0.25, 0.3) is 6.08 Å². The van der Waals surface area contributed by atoms with Crippen molar-refractivity contribution in [3.05, 3.63) is 110 Å². The fraction of sp³-hybridized carbons (Fsp3) is 0.185. The van der Waals surface area contributed by atoms with Gasteiger partial charge in [-0.05, 0) is 54.3 Å². The van der Waals surface area contributed by atoms with Crippen LogP contribution in [0.5, 0.6) is 0 Å². The van der Waals surface area contributed by atoms with E-state index in [1.165, 1.54) is 42.5 Å². The van der Waals surface area contributed by atoms with E-state index in [1.807, 2.05) is 0 Å². The van der Waals surface area contributed by atoms with E-state index in [2.05, 4.69) is 0 Å². The minimum absolute atomic E-state index is 0.0378. The van der Waals surface area contributed by atoms with E-state index in [0.29, 0.717) is 16.1 Å². The van der Waals surface area contributed by atoms with Gasteiger partial charge in [0.15, 0.2) is 0 Å². The van der Waals surface area contributed by atoms with Crippen molar-refractivity contribution in [2.75, 3.05) is 0 Å². The van der Waals surface area contributed by atoms with Crippen LogP contribution in [-0.4, -0.2) is 22.9 Å². The molecular formula is C27H20ClF4NO2. The number of rotatable bonds is 5. The Morgan fingerprint density at radius 2 is 1.51 bits per heavy atom. The molecule has 1 heterocycles. The van der Waals surface area contributed by atoms with Gasteiger partial charge in [0.05, 0.1) is 23.6 Å². The smallest absolute Gasteiger partial charge is 0.270 e. The van der Waals surface area contributed by atoms with Crippen molar-refractivity contribution in [2.45, 2.75) is 32.5 Å². The Morgan fingerprint density at radius 1 is 0.943 bits per heavy atom. The van der Waals surface area contributed by atoms with Crippen molar-refractivity contribution in [3.63, 3.8) is 0 Å². The summed E-state index contributed by atoms with van der Waals surface area (Å²) in [5, 5.41) is 0.411. The Hall–Kier alpha value is -3.45. The summed E-state index contributed by atoms with van der Waals surface area (Å²) in [5.74, 6) is -3.67. The van der Waals surface area contributed by atoms with Gasteiger partial charge in [0.2, 0.25) is 0 Å². The summed E-state index contributed by atoms with van der Waals surface area (Å²) >= 11 is 6.09. The molecule has 1 aliphatic heterocycles. The van der Waals surface area contributed by atoms with Crippen molar-refractivity contribution in [1.29, 1.82) is 0 Å². The number of alkyl halides is 3. The minimum Gasteiger partial charge on any atom is -0.270 e. The summed E-state index contributed by atoms with van der Waals surface area (Å²) in [4.78, 5) is 26.0. The average Bonchev–Trinajstić information content (AvgIpc) is 3.03. The largest absolute Gasteiger partial charge is 0.399 e. The molecule has 0 radical (unpaired) electrons. The molecule has 0 bridgehead atoms. The average molecular weight is 502 g/mol. The molecule has 35 heavy (non-hydrogen) atoms. The second kappa shape index (κ2) is 9.30. The van der Waals surface area contributed by atoms with Gasteiger partial charge in [0.1, 0.15) is 5.82 Å². The van der Waals surface area contributed by atoms with Crippen LogP contribution in [0, 0.1) is 19.7 Å². The second-order valence-corrected chi connectivity index (χ2v) is 8.82. The maximum Gasteiger partial charge on any atom is 0.399 e. The highest BCUT2D eigenvalue weighted by Crippen LogP contribution is 2.38. The molecule has 0 fully saturated rings. The Kier molecular flexibility index (Phi) is 6.56. The Morgan fingerprint density at radius 3 is 2.03 bits per heavy atom. The number of nitrogens with zero attached hydrogens (tertiary/aromatic N) is 1. The molecule has 1 unspecified atom stereocenters. The number of carbonyl (C=O) groups is 2. The molecule has 1 atom stereocenters. The summed E-state index contributed by atoms with van der Waals surface area (Å²) in [6, 6.07) is 13.0. The zero-order valence-corrected chi connectivity index (χ0v) is 19.5. The van der Waals surface area contributed by atoms with Crippen molar-refractivity contribution in [1.82, 2.24) is 4.90 Å². The van der Waals surface area contributed by atoms with Gasteiger partial charge < -0.3 is 0 Å². The van der Waals surface area contributed by atoms with Crippen molar-refractivity contribution in [3.8, 4) is 0 Å². The maximum atomic E-state index is 14.8. The van der Waals surface area contributed by atoms with Crippen LogP contribution in [0.1, 0.15) is 54.5 Å².